The van der Waals surface area contributed by atoms with Crippen LogP contribution in [-0.2, 0) is 9.53 Å². The molecule has 0 amide bonds. The van der Waals surface area contributed by atoms with Gasteiger partial charge in [0.15, 0.2) is 16.8 Å². The Bertz CT molecular complexity index is 851. The molecule has 0 aliphatic carbocycles. The van der Waals surface area contributed by atoms with Crippen LogP contribution in [0.25, 0.3) is 10.9 Å². The highest BCUT2D eigenvalue weighted by Gasteiger charge is 2.24. The van der Waals surface area contributed by atoms with Gasteiger partial charge in [0, 0.05) is 6.92 Å². The van der Waals surface area contributed by atoms with Crippen LogP contribution in [0.5, 0.6) is 0 Å². The van der Waals surface area contributed by atoms with E-state index in [0.29, 0.717) is 10.9 Å². The summed E-state index contributed by atoms with van der Waals surface area (Å²) in [5, 5.41) is 9.83. The van der Waals surface area contributed by atoms with Crippen molar-refractivity contribution in [2.45, 2.75) is 19.8 Å². The number of nitrogens with zero attached hydrogens (tertiary/aromatic N) is 2. The monoisotopic (exact) mass is 315 g/mol. The molecular formula is C15H13N3O3S. The summed E-state index contributed by atoms with van der Waals surface area (Å²) in [5.74, 6) is -1.70. The number of carbonyl (C=O) groups is 1. The Balaban J connectivity index is 2.42. The lowest BCUT2D eigenvalue weighted by molar-refractivity contribution is -0.121. The Hall–Kier alpha value is -2.59. The van der Waals surface area contributed by atoms with Gasteiger partial charge in [0.1, 0.15) is 12.4 Å². The van der Waals surface area contributed by atoms with E-state index < -0.39 is 11.7 Å². The molecule has 0 fully saturated rings. The van der Waals surface area contributed by atoms with Crippen molar-refractivity contribution in [2.75, 3.05) is 6.61 Å². The largest absolute Gasteiger partial charge is 0.480 e. The number of carbonyl (C=O) groups excluding carboxylic acids is 1. The number of ether oxygens (including phenoxy) is 1. The SMILES string of the molecule is CC(=S)OCC(=O)C(C#N)c1nc2ccc(C)cc2c(=O)[nH]1. The van der Waals surface area contributed by atoms with E-state index in [-0.39, 0.29) is 23.0 Å². The van der Waals surface area contributed by atoms with Crippen LogP contribution in [0, 0.1) is 18.3 Å². The van der Waals surface area contributed by atoms with E-state index in [4.69, 9.17) is 17.0 Å². The lowest BCUT2D eigenvalue weighted by Gasteiger charge is -2.09. The van der Waals surface area contributed by atoms with Crippen LogP contribution in [0.15, 0.2) is 23.0 Å². The van der Waals surface area contributed by atoms with Crippen LogP contribution in [0.4, 0.5) is 0 Å². The topological polar surface area (TPSA) is 95.8 Å². The van der Waals surface area contributed by atoms with Gasteiger partial charge in [-0.2, -0.15) is 5.26 Å². The molecule has 0 radical (unpaired) electrons. The number of nitriles is 1. The van der Waals surface area contributed by atoms with Crippen molar-refractivity contribution >= 4 is 34.0 Å². The molecule has 6 nitrogen and oxygen atoms in total. The molecule has 0 spiro atoms. The fraction of sp³-hybridized carbons (Fsp3) is 0.267. The van der Waals surface area contributed by atoms with Crippen LogP contribution in [0.2, 0.25) is 0 Å². The number of hydrogen-bond acceptors (Lipinski definition) is 6. The molecule has 1 unspecified atom stereocenters. The number of rotatable bonds is 4. The first-order valence-corrected chi connectivity index (χ1v) is 6.89. The Labute approximate surface area is 131 Å². The molecule has 2 aromatic rings. The van der Waals surface area contributed by atoms with E-state index in [1.807, 2.05) is 13.0 Å². The Morgan fingerprint density at radius 3 is 2.91 bits per heavy atom. The molecule has 0 aliphatic heterocycles. The quantitative estimate of drug-likeness (QED) is 0.864. The van der Waals surface area contributed by atoms with Gasteiger partial charge in [-0.25, -0.2) is 4.98 Å². The third-order valence-electron chi connectivity index (χ3n) is 3.02. The van der Waals surface area contributed by atoms with E-state index in [2.05, 4.69) is 9.97 Å². The third-order valence-corrected chi connectivity index (χ3v) is 3.14. The van der Waals surface area contributed by atoms with Gasteiger partial charge >= 0.3 is 0 Å². The molecule has 0 saturated carbocycles. The van der Waals surface area contributed by atoms with Gasteiger partial charge in [-0.15, -0.1) is 0 Å². The highest BCUT2D eigenvalue weighted by molar-refractivity contribution is 7.80. The minimum absolute atomic E-state index is 0.0134. The number of nitrogens with one attached hydrogen (secondary N) is 1. The first kappa shape index (κ1) is 15.8. The number of aryl methyl sites for hydroxylation is 1. The summed E-state index contributed by atoms with van der Waals surface area (Å²) >= 11 is 4.72. The summed E-state index contributed by atoms with van der Waals surface area (Å²) in [5.41, 5.74) is 0.971. The molecule has 0 aliphatic rings. The lowest BCUT2D eigenvalue weighted by Crippen LogP contribution is -2.23. The number of Topliss-reactive ketones (excluding diaryl/α,β-unsaturated/α-hetero) is 1. The molecule has 0 bridgehead atoms. The molecule has 1 N–H and O–H groups in total. The number of aromatic amines is 1. The van der Waals surface area contributed by atoms with Crippen LogP contribution in [0.1, 0.15) is 24.2 Å². The fourth-order valence-electron chi connectivity index (χ4n) is 1.95. The maximum Gasteiger partial charge on any atom is 0.258 e. The second-order valence-electron chi connectivity index (χ2n) is 4.78. The molecule has 0 saturated heterocycles. The highest BCUT2D eigenvalue weighted by atomic mass is 32.1. The van der Waals surface area contributed by atoms with Gasteiger partial charge in [-0.1, -0.05) is 11.6 Å². The summed E-state index contributed by atoms with van der Waals surface area (Å²) in [6.07, 6.45) is 0. The molecule has 112 valence electrons. The van der Waals surface area contributed by atoms with E-state index in [0.717, 1.165) is 5.56 Å². The van der Waals surface area contributed by atoms with Gasteiger partial charge in [0.25, 0.3) is 5.56 Å². The maximum absolute atomic E-state index is 12.1. The average Bonchev–Trinajstić information content (AvgIpc) is 2.46. The molecule has 7 heteroatoms. The standard InChI is InChI=1S/C15H13N3O3S/c1-8-3-4-12-10(5-8)15(20)18-14(17-12)11(6-16)13(19)7-21-9(2)22/h3-5,11H,7H2,1-2H3,(H,17,18,20). The normalized spacial score (nSPS) is 11.7. The van der Waals surface area contributed by atoms with Crippen molar-refractivity contribution in [1.29, 1.82) is 5.26 Å². The van der Waals surface area contributed by atoms with Crippen molar-refractivity contribution in [2.24, 2.45) is 0 Å². The van der Waals surface area contributed by atoms with Crippen LogP contribution in [0.3, 0.4) is 0 Å². The van der Waals surface area contributed by atoms with Crippen molar-refractivity contribution in [3.8, 4) is 6.07 Å². The minimum atomic E-state index is -1.20. The highest BCUT2D eigenvalue weighted by Crippen LogP contribution is 2.15. The Morgan fingerprint density at radius 1 is 1.55 bits per heavy atom. The summed E-state index contributed by atoms with van der Waals surface area (Å²) in [6.45, 7) is 3.06. The van der Waals surface area contributed by atoms with Crippen LogP contribution < -0.4 is 5.56 Å². The van der Waals surface area contributed by atoms with E-state index in [1.54, 1.807) is 18.2 Å². The molecule has 1 aromatic heterocycles. The van der Waals surface area contributed by atoms with Gasteiger partial charge < -0.3 is 9.72 Å². The fourth-order valence-corrected chi connectivity index (χ4v) is 2.01. The van der Waals surface area contributed by atoms with Crippen molar-refractivity contribution in [3.05, 3.63) is 39.9 Å². The third kappa shape index (κ3) is 3.35. The van der Waals surface area contributed by atoms with Gasteiger partial charge in [0.05, 0.1) is 17.0 Å². The molecule has 2 rings (SSSR count). The first-order chi connectivity index (χ1) is 10.4. The lowest BCUT2D eigenvalue weighted by atomic mass is 10.1. The van der Waals surface area contributed by atoms with E-state index >= 15 is 0 Å². The predicted octanol–water partition coefficient (Wildman–Crippen LogP) is 1.77. The number of fused-ring (bicyclic) bond motifs is 1. The summed E-state index contributed by atoms with van der Waals surface area (Å²) in [7, 11) is 0. The smallest absolute Gasteiger partial charge is 0.258 e. The van der Waals surface area contributed by atoms with Crippen molar-refractivity contribution < 1.29 is 9.53 Å². The van der Waals surface area contributed by atoms with Crippen molar-refractivity contribution in [3.63, 3.8) is 0 Å². The van der Waals surface area contributed by atoms with Gasteiger partial charge in [0.2, 0.25) is 0 Å². The second kappa shape index (κ2) is 6.45. The predicted molar refractivity (Wildman–Crippen MR) is 84.7 cm³/mol. The van der Waals surface area contributed by atoms with E-state index in [1.165, 1.54) is 6.92 Å². The number of hydrogen-bond donors (Lipinski definition) is 1. The number of ketones is 1. The van der Waals surface area contributed by atoms with Gasteiger partial charge in [-0.05, 0) is 31.3 Å². The summed E-state index contributed by atoms with van der Waals surface area (Å²) in [6, 6.07) is 7.03. The number of benzene rings is 1. The van der Waals surface area contributed by atoms with Crippen LogP contribution in [-0.4, -0.2) is 27.4 Å². The zero-order valence-electron chi connectivity index (χ0n) is 12.0. The first-order valence-electron chi connectivity index (χ1n) is 6.48. The van der Waals surface area contributed by atoms with Crippen molar-refractivity contribution in [1.82, 2.24) is 9.97 Å². The van der Waals surface area contributed by atoms with Gasteiger partial charge in [-0.3, -0.25) is 9.59 Å². The molecular weight excluding hydrogens is 302 g/mol. The summed E-state index contributed by atoms with van der Waals surface area (Å²) < 4.78 is 4.95. The average molecular weight is 315 g/mol. The molecule has 1 aromatic carbocycles. The molecule has 1 atom stereocenters. The zero-order valence-corrected chi connectivity index (χ0v) is 12.9. The Morgan fingerprint density at radius 2 is 2.27 bits per heavy atom. The molecule has 22 heavy (non-hydrogen) atoms. The molecule has 1 heterocycles. The number of thiocarbonyl (C=S) groups is 1. The number of H-pyrrole nitrogens is 1. The van der Waals surface area contributed by atoms with Crippen LogP contribution >= 0.6 is 12.2 Å². The maximum atomic E-state index is 12.1. The Kier molecular flexibility index (Phi) is 4.63. The zero-order chi connectivity index (χ0) is 16.3. The second-order valence-corrected chi connectivity index (χ2v) is 5.36. The number of aromatic nitrogens is 2. The minimum Gasteiger partial charge on any atom is -0.480 e. The summed E-state index contributed by atoms with van der Waals surface area (Å²) in [4.78, 5) is 30.8. The van der Waals surface area contributed by atoms with E-state index in [9.17, 15) is 14.9 Å².